The number of hydrogen-bond donors (Lipinski definition) is 2. The van der Waals surface area contributed by atoms with Crippen molar-refractivity contribution in [1.29, 1.82) is 0 Å². The van der Waals surface area contributed by atoms with Crippen molar-refractivity contribution in [3.05, 3.63) is 83.9 Å². The Bertz CT molecular complexity index is 1110. The molecule has 0 radical (unpaired) electrons. The molecule has 0 aliphatic heterocycles. The van der Waals surface area contributed by atoms with E-state index in [1.807, 2.05) is 36.4 Å². The molecule has 1 amide bonds. The average molecular weight is 376 g/mol. The maximum Gasteiger partial charge on any atom is 0.275 e. The summed E-state index contributed by atoms with van der Waals surface area (Å²) in [5, 5.41) is 7.49. The number of halogens is 1. The number of para-hydroxylation sites is 1. The highest BCUT2D eigenvalue weighted by atomic mass is 35.5. The van der Waals surface area contributed by atoms with Gasteiger partial charge in [0.2, 0.25) is 0 Å². The molecular formula is C20H14ClN5O. The molecule has 0 saturated carbocycles. The molecule has 6 nitrogen and oxygen atoms in total. The van der Waals surface area contributed by atoms with Gasteiger partial charge in [-0.3, -0.25) is 9.78 Å². The Morgan fingerprint density at radius 1 is 0.926 bits per heavy atom. The summed E-state index contributed by atoms with van der Waals surface area (Å²) in [7, 11) is 0. The van der Waals surface area contributed by atoms with Crippen molar-refractivity contribution in [1.82, 2.24) is 15.0 Å². The summed E-state index contributed by atoms with van der Waals surface area (Å²) in [6.45, 7) is 0. The highest BCUT2D eigenvalue weighted by molar-refractivity contribution is 6.30. The minimum Gasteiger partial charge on any atom is -0.339 e. The summed E-state index contributed by atoms with van der Waals surface area (Å²) >= 11 is 5.96. The minimum absolute atomic E-state index is 0.208. The zero-order valence-electron chi connectivity index (χ0n) is 14.1. The number of aromatic nitrogens is 3. The first-order valence-corrected chi connectivity index (χ1v) is 8.56. The van der Waals surface area contributed by atoms with E-state index in [2.05, 4.69) is 25.6 Å². The van der Waals surface area contributed by atoms with Crippen LogP contribution in [0.3, 0.4) is 0 Å². The Kier molecular flexibility index (Phi) is 4.63. The van der Waals surface area contributed by atoms with Crippen LogP contribution >= 0.6 is 11.6 Å². The number of nitrogens with zero attached hydrogens (tertiary/aromatic N) is 3. The van der Waals surface area contributed by atoms with E-state index in [1.54, 1.807) is 24.4 Å². The molecule has 0 saturated heterocycles. The number of pyridine rings is 1. The lowest BCUT2D eigenvalue weighted by Gasteiger charge is -2.08. The number of benzene rings is 2. The summed E-state index contributed by atoms with van der Waals surface area (Å²) in [6, 6.07) is 16.7. The molecule has 4 rings (SSSR count). The zero-order chi connectivity index (χ0) is 18.6. The summed E-state index contributed by atoms with van der Waals surface area (Å²) in [6.07, 6.45) is 4.60. The lowest BCUT2D eigenvalue weighted by atomic mass is 10.2. The van der Waals surface area contributed by atoms with Crippen molar-refractivity contribution in [2.75, 3.05) is 10.6 Å². The number of carbonyl (C=O) groups excluding carboxylic acids is 1. The van der Waals surface area contributed by atoms with Crippen LogP contribution in [-0.4, -0.2) is 20.9 Å². The third-order valence-corrected chi connectivity index (χ3v) is 4.10. The van der Waals surface area contributed by atoms with Gasteiger partial charge in [0.05, 0.1) is 23.6 Å². The van der Waals surface area contributed by atoms with Crippen LogP contribution in [0.1, 0.15) is 10.5 Å². The molecule has 0 fully saturated rings. The molecule has 4 aromatic rings. The molecule has 132 valence electrons. The average Bonchev–Trinajstić information content (AvgIpc) is 2.69. The first-order valence-electron chi connectivity index (χ1n) is 8.19. The molecule has 0 spiro atoms. The van der Waals surface area contributed by atoms with Gasteiger partial charge in [-0.25, -0.2) is 9.97 Å². The van der Waals surface area contributed by atoms with Gasteiger partial charge in [0.15, 0.2) is 0 Å². The molecule has 0 bridgehead atoms. The number of nitrogens with one attached hydrogen (secondary N) is 2. The number of rotatable bonds is 4. The van der Waals surface area contributed by atoms with Gasteiger partial charge in [0.1, 0.15) is 11.5 Å². The first kappa shape index (κ1) is 16.9. The van der Waals surface area contributed by atoms with Crippen LogP contribution in [0.25, 0.3) is 10.9 Å². The summed E-state index contributed by atoms with van der Waals surface area (Å²) in [5.41, 5.74) is 2.34. The lowest BCUT2D eigenvalue weighted by Crippen LogP contribution is -2.14. The number of fused-ring (bicyclic) bond motifs is 1. The molecule has 2 aromatic carbocycles. The Labute approximate surface area is 160 Å². The highest BCUT2D eigenvalue weighted by Gasteiger charge is 2.11. The monoisotopic (exact) mass is 375 g/mol. The van der Waals surface area contributed by atoms with Crippen molar-refractivity contribution in [3.8, 4) is 0 Å². The predicted molar refractivity (Wildman–Crippen MR) is 106 cm³/mol. The van der Waals surface area contributed by atoms with Crippen molar-refractivity contribution < 1.29 is 4.79 Å². The van der Waals surface area contributed by atoms with E-state index < -0.39 is 0 Å². The summed E-state index contributed by atoms with van der Waals surface area (Å²) in [4.78, 5) is 25.2. The van der Waals surface area contributed by atoms with Crippen LogP contribution in [0.15, 0.2) is 73.2 Å². The van der Waals surface area contributed by atoms with Crippen molar-refractivity contribution in [2.45, 2.75) is 0 Å². The fraction of sp³-hybridized carbons (Fsp3) is 0. The van der Waals surface area contributed by atoms with Gasteiger partial charge in [-0.2, -0.15) is 0 Å². The number of hydrogen-bond acceptors (Lipinski definition) is 5. The molecule has 7 heteroatoms. The third-order valence-electron chi connectivity index (χ3n) is 3.86. The quantitative estimate of drug-likeness (QED) is 0.541. The molecular weight excluding hydrogens is 362 g/mol. The molecule has 2 aromatic heterocycles. The number of carbonyl (C=O) groups is 1. The van der Waals surface area contributed by atoms with Crippen LogP contribution < -0.4 is 10.6 Å². The van der Waals surface area contributed by atoms with Crippen molar-refractivity contribution in [3.63, 3.8) is 0 Å². The maximum atomic E-state index is 12.5. The SMILES string of the molecule is O=C(Nc1cccc2cccnc12)c1cnc(Nc2cccc(Cl)c2)cn1. The van der Waals surface area contributed by atoms with Gasteiger partial charge in [0.25, 0.3) is 5.91 Å². The molecule has 27 heavy (non-hydrogen) atoms. The van der Waals surface area contributed by atoms with E-state index in [0.717, 1.165) is 16.6 Å². The van der Waals surface area contributed by atoms with Gasteiger partial charge in [-0.15, -0.1) is 0 Å². The standard InChI is InChI=1S/C20H14ClN5O/c21-14-6-2-7-15(10-14)25-18-12-23-17(11-24-18)20(27)26-16-8-1-4-13-5-3-9-22-19(13)16/h1-12H,(H,24,25)(H,26,27). The van der Waals surface area contributed by atoms with Crippen LogP contribution in [0.2, 0.25) is 5.02 Å². The van der Waals surface area contributed by atoms with Crippen LogP contribution in [-0.2, 0) is 0 Å². The molecule has 2 heterocycles. The second-order valence-corrected chi connectivity index (χ2v) is 6.19. The van der Waals surface area contributed by atoms with Gasteiger partial charge in [-0.1, -0.05) is 35.9 Å². The van der Waals surface area contributed by atoms with Crippen LogP contribution in [0.5, 0.6) is 0 Å². The van der Waals surface area contributed by atoms with Gasteiger partial charge < -0.3 is 10.6 Å². The molecule has 2 N–H and O–H groups in total. The van der Waals surface area contributed by atoms with E-state index >= 15 is 0 Å². The maximum absolute atomic E-state index is 12.5. The zero-order valence-corrected chi connectivity index (χ0v) is 14.8. The van der Waals surface area contributed by atoms with Crippen LogP contribution in [0, 0.1) is 0 Å². The Morgan fingerprint density at radius 3 is 2.59 bits per heavy atom. The minimum atomic E-state index is -0.352. The van der Waals surface area contributed by atoms with E-state index in [-0.39, 0.29) is 11.6 Å². The summed E-state index contributed by atoms with van der Waals surface area (Å²) < 4.78 is 0. The normalized spacial score (nSPS) is 10.6. The van der Waals surface area contributed by atoms with Gasteiger partial charge in [-0.05, 0) is 30.3 Å². The fourth-order valence-electron chi connectivity index (χ4n) is 2.62. The van der Waals surface area contributed by atoms with Crippen LogP contribution in [0.4, 0.5) is 17.2 Å². The predicted octanol–water partition coefficient (Wildman–Crippen LogP) is 4.67. The second kappa shape index (κ2) is 7.39. The van der Waals surface area contributed by atoms with Crippen molar-refractivity contribution >= 4 is 45.6 Å². The van der Waals surface area contributed by atoms with E-state index in [4.69, 9.17) is 11.6 Å². The topological polar surface area (TPSA) is 79.8 Å². The third kappa shape index (κ3) is 3.86. The molecule has 0 aliphatic rings. The Morgan fingerprint density at radius 2 is 1.78 bits per heavy atom. The van der Waals surface area contributed by atoms with E-state index in [1.165, 1.54) is 12.4 Å². The molecule has 0 aliphatic carbocycles. The number of amides is 1. The van der Waals surface area contributed by atoms with E-state index in [0.29, 0.717) is 16.5 Å². The number of anilines is 3. The fourth-order valence-corrected chi connectivity index (χ4v) is 2.81. The smallest absolute Gasteiger partial charge is 0.275 e. The Hall–Kier alpha value is -3.51. The highest BCUT2D eigenvalue weighted by Crippen LogP contribution is 2.21. The lowest BCUT2D eigenvalue weighted by molar-refractivity contribution is 0.102. The van der Waals surface area contributed by atoms with Gasteiger partial charge >= 0.3 is 0 Å². The second-order valence-electron chi connectivity index (χ2n) is 5.76. The summed E-state index contributed by atoms with van der Waals surface area (Å²) in [5.74, 6) is 0.163. The largest absolute Gasteiger partial charge is 0.339 e. The molecule has 0 unspecified atom stereocenters. The van der Waals surface area contributed by atoms with Crippen molar-refractivity contribution in [2.24, 2.45) is 0 Å². The molecule has 0 atom stereocenters. The van der Waals surface area contributed by atoms with E-state index in [9.17, 15) is 4.79 Å². The first-order chi connectivity index (χ1) is 13.2. The Balaban J connectivity index is 1.51. The van der Waals surface area contributed by atoms with Gasteiger partial charge in [0, 0.05) is 22.3 Å².